The Hall–Kier alpha value is -0.280. The van der Waals surface area contributed by atoms with Crippen molar-refractivity contribution < 1.29 is 5.11 Å². The number of halogens is 1. The van der Waals surface area contributed by atoms with E-state index in [1.807, 2.05) is 0 Å². The van der Waals surface area contributed by atoms with E-state index in [4.69, 9.17) is 5.11 Å². The van der Waals surface area contributed by atoms with Crippen LogP contribution in [0.25, 0.3) is 0 Å². The summed E-state index contributed by atoms with van der Waals surface area (Å²) < 4.78 is 0. The third-order valence-electron chi connectivity index (χ3n) is 4.65. The summed E-state index contributed by atoms with van der Waals surface area (Å²) in [7, 11) is 0. The lowest BCUT2D eigenvalue weighted by atomic mass is 10.0. The summed E-state index contributed by atoms with van der Waals surface area (Å²) in [6, 6.07) is 0. The van der Waals surface area contributed by atoms with Gasteiger partial charge in [-0.2, -0.15) is 0 Å². The maximum atomic E-state index is 9.02. The second kappa shape index (κ2) is 16.6. The molecule has 23 heavy (non-hydrogen) atoms. The summed E-state index contributed by atoms with van der Waals surface area (Å²) in [6.07, 6.45) is 17.9. The molecule has 1 aliphatic rings. The fraction of sp³-hybridized carbons (Fsp3) is 0.947. The smallest absolute Gasteiger partial charge is 0.0991 e. The molecule has 0 saturated carbocycles. The van der Waals surface area contributed by atoms with E-state index >= 15 is 0 Å². The number of nitrogens with zero attached hydrogens (tertiary/aromatic N) is 2. The average Bonchev–Trinajstić information content (AvgIpc) is 2.96. The summed E-state index contributed by atoms with van der Waals surface area (Å²) in [6.45, 7) is 5.22. The molecule has 0 aromatic carbocycles. The predicted octanol–water partition coefficient (Wildman–Crippen LogP) is 5.21. The molecule has 0 unspecified atom stereocenters. The molecule has 0 atom stereocenters. The van der Waals surface area contributed by atoms with Crippen LogP contribution in [0.3, 0.4) is 0 Å². The van der Waals surface area contributed by atoms with Crippen molar-refractivity contribution in [2.45, 2.75) is 90.4 Å². The molecule has 1 aliphatic heterocycles. The number of aliphatic hydroxyl groups excluding tert-OH is 1. The third kappa shape index (κ3) is 11.8. The van der Waals surface area contributed by atoms with Crippen molar-refractivity contribution in [3.8, 4) is 0 Å². The van der Waals surface area contributed by atoms with Crippen molar-refractivity contribution in [1.82, 2.24) is 4.90 Å². The number of amidine groups is 1. The molecule has 0 aliphatic carbocycles. The number of hydrogen-bond acceptors (Lipinski definition) is 3. The zero-order chi connectivity index (χ0) is 15.9. The molecule has 0 aromatic heterocycles. The van der Waals surface area contributed by atoms with Gasteiger partial charge in [-0.3, -0.25) is 4.99 Å². The van der Waals surface area contributed by atoms with Crippen LogP contribution in [0.1, 0.15) is 90.4 Å². The van der Waals surface area contributed by atoms with Gasteiger partial charge in [0.25, 0.3) is 0 Å². The predicted molar refractivity (Wildman–Crippen MR) is 104 cm³/mol. The minimum absolute atomic E-state index is 0. The van der Waals surface area contributed by atoms with E-state index in [1.165, 1.54) is 82.9 Å². The van der Waals surface area contributed by atoms with E-state index in [0.717, 1.165) is 26.1 Å². The first-order valence-electron chi connectivity index (χ1n) is 9.77. The third-order valence-corrected chi connectivity index (χ3v) is 4.65. The van der Waals surface area contributed by atoms with Crippen LogP contribution in [0.4, 0.5) is 0 Å². The van der Waals surface area contributed by atoms with Crippen molar-refractivity contribution in [1.29, 1.82) is 0 Å². The number of rotatable bonds is 15. The Morgan fingerprint density at radius 3 is 1.91 bits per heavy atom. The number of hydrogen-bond donors (Lipinski definition) is 1. The molecule has 4 heteroatoms. The molecule has 0 aromatic rings. The van der Waals surface area contributed by atoms with Crippen LogP contribution in [0.15, 0.2) is 4.99 Å². The zero-order valence-corrected chi connectivity index (χ0v) is 16.1. The number of aliphatic hydroxyl groups is 1. The van der Waals surface area contributed by atoms with E-state index in [2.05, 4.69) is 16.8 Å². The standard InChI is InChI=1S/C19H38N2O.ClH/c1-2-3-4-5-6-7-8-9-10-11-12-13-14-19-20-15-16-21(19)17-18-22;/h22H,2-18H2,1H3;1H. The van der Waals surface area contributed by atoms with Gasteiger partial charge in [0, 0.05) is 19.5 Å². The van der Waals surface area contributed by atoms with E-state index in [0.29, 0.717) is 0 Å². The van der Waals surface area contributed by atoms with Gasteiger partial charge in [0.05, 0.1) is 19.0 Å². The van der Waals surface area contributed by atoms with Gasteiger partial charge in [-0.1, -0.05) is 77.6 Å². The highest BCUT2D eigenvalue weighted by Gasteiger charge is 2.14. The minimum Gasteiger partial charge on any atom is -0.395 e. The van der Waals surface area contributed by atoms with Gasteiger partial charge < -0.3 is 10.0 Å². The van der Waals surface area contributed by atoms with E-state index < -0.39 is 0 Å². The van der Waals surface area contributed by atoms with Gasteiger partial charge in [-0.25, -0.2) is 0 Å². The van der Waals surface area contributed by atoms with Crippen molar-refractivity contribution in [2.75, 3.05) is 26.2 Å². The van der Waals surface area contributed by atoms with Crippen LogP contribution >= 0.6 is 12.4 Å². The number of aliphatic imine (C=N–C) groups is 1. The maximum absolute atomic E-state index is 9.02. The topological polar surface area (TPSA) is 35.8 Å². The monoisotopic (exact) mass is 346 g/mol. The molecule has 0 saturated heterocycles. The van der Waals surface area contributed by atoms with Crippen molar-refractivity contribution >= 4 is 18.2 Å². The zero-order valence-electron chi connectivity index (χ0n) is 15.3. The average molecular weight is 347 g/mol. The normalized spacial score (nSPS) is 14.0. The molecular formula is C19H39ClN2O. The summed E-state index contributed by atoms with van der Waals surface area (Å²) in [5.74, 6) is 1.24. The highest BCUT2D eigenvalue weighted by Crippen LogP contribution is 2.14. The molecule has 1 rings (SSSR count). The van der Waals surface area contributed by atoms with E-state index in [1.54, 1.807) is 0 Å². The number of β-amino-alcohol motifs (C(OH)–C–C–N with tert-alkyl or cyclic N) is 1. The second-order valence-electron chi connectivity index (χ2n) is 6.65. The largest absolute Gasteiger partial charge is 0.395 e. The molecular weight excluding hydrogens is 308 g/mol. The lowest BCUT2D eigenvalue weighted by molar-refractivity contribution is 0.255. The van der Waals surface area contributed by atoms with Gasteiger partial charge in [0.2, 0.25) is 0 Å². The summed E-state index contributed by atoms with van der Waals surface area (Å²) in [5.41, 5.74) is 0. The Labute approximate surface area is 150 Å². The first-order valence-corrected chi connectivity index (χ1v) is 9.77. The van der Waals surface area contributed by atoms with E-state index in [9.17, 15) is 0 Å². The maximum Gasteiger partial charge on any atom is 0.0991 e. The Kier molecular flexibility index (Phi) is 16.4. The Balaban J connectivity index is 0.00000484. The molecule has 0 bridgehead atoms. The first-order chi connectivity index (χ1) is 10.9. The molecule has 1 heterocycles. The van der Waals surface area contributed by atoms with Crippen LogP contribution in [-0.4, -0.2) is 42.1 Å². The van der Waals surface area contributed by atoms with Gasteiger partial charge in [0.15, 0.2) is 0 Å². The van der Waals surface area contributed by atoms with Crippen molar-refractivity contribution in [2.24, 2.45) is 4.99 Å². The van der Waals surface area contributed by atoms with Crippen molar-refractivity contribution in [3.63, 3.8) is 0 Å². The highest BCUT2D eigenvalue weighted by molar-refractivity contribution is 5.85. The SMILES string of the molecule is CCCCCCCCCCCCCCC1=NCCN1CCO.Cl. The summed E-state index contributed by atoms with van der Waals surface area (Å²) in [5, 5.41) is 9.02. The molecule has 0 amide bonds. The molecule has 3 nitrogen and oxygen atoms in total. The van der Waals surface area contributed by atoms with Gasteiger partial charge >= 0.3 is 0 Å². The van der Waals surface area contributed by atoms with Gasteiger partial charge in [0.1, 0.15) is 0 Å². The van der Waals surface area contributed by atoms with Gasteiger partial charge in [-0.15, -0.1) is 12.4 Å². The lowest BCUT2D eigenvalue weighted by Gasteiger charge is -2.18. The van der Waals surface area contributed by atoms with Crippen LogP contribution < -0.4 is 0 Å². The molecule has 0 spiro atoms. The number of unbranched alkanes of at least 4 members (excludes halogenated alkanes) is 11. The fourth-order valence-electron chi connectivity index (χ4n) is 3.25. The Morgan fingerprint density at radius 2 is 1.39 bits per heavy atom. The lowest BCUT2D eigenvalue weighted by Crippen LogP contribution is -2.30. The Morgan fingerprint density at radius 1 is 0.870 bits per heavy atom. The second-order valence-corrected chi connectivity index (χ2v) is 6.65. The summed E-state index contributed by atoms with van der Waals surface area (Å²) >= 11 is 0. The molecule has 138 valence electrons. The minimum atomic E-state index is 0. The summed E-state index contributed by atoms with van der Waals surface area (Å²) in [4.78, 5) is 6.80. The molecule has 1 N–H and O–H groups in total. The first kappa shape index (κ1) is 22.7. The Bertz CT molecular complexity index is 285. The van der Waals surface area contributed by atoms with Crippen LogP contribution in [0.5, 0.6) is 0 Å². The van der Waals surface area contributed by atoms with Crippen LogP contribution in [0.2, 0.25) is 0 Å². The van der Waals surface area contributed by atoms with Gasteiger partial charge in [-0.05, 0) is 6.42 Å². The van der Waals surface area contributed by atoms with Crippen LogP contribution in [-0.2, 0) is 0 Å². The fourth-order valence-corrected chi connectivity index (χ4v) is 3.25. The van der Waals surface area contributed by atoms with E-state index in [-0.39, 0.29) is 19.0 Å². The quantitative estimate of drug-likeness (QED) is 0.413. The molecule has 0 fully saturated rings. The highest BCUT2D eigenvalue weighted by atomic mass is 35.5. The molecule has 0 radical (unpaired) electrons. The van der Waals surface area contributed by atoms with Crippen molar-refractivity contribution in [3.05, 3.63) is 0 Å². The van der Waals surface area contributed by atoms with Crippen LogP contribution in [0, 0.1) is 0 Å².